The van der Waals surface area contributed by atoms with Crippen molar-refractivity contribution in [2.45, 2.75) is 12.0 Å². The summed E-state index contributed by atoms with van der Waals surface area (Å²) < 4.78 is 12.2. The fourth-order valence-corrected chi connectivity index (χ4v) is 4.57. The summed E-state index contributed by atoms with van der Waals surface area (Å²) in [5.41, 5.74) is -0.688. The average molecular weight is 507 g/mol. The molecule has 4 rings (SSSR count). The van der Waals surface area contributed by atoms with Gasteiger partial charge in [0.15, 0.2) is 0 Å². The van der Waals surface area contributed by atoms with Crippen molar-refractivity contribution < 1.29 is 19.1 Å². The normalized spacial score (nSPS) is 21.4. The molecule has 2 fully saturated rings. The predicted molar refractivity (Wildman–Crippen MR) is 129 cm³/mol. The third-order valence-electron chi connectivity index (χ3n) is 6.15. The number of morpholine rings is 1. The molecule has 2 aromatic rings. The molecule has 1 atom stereocenters. The number of benzene rings is 1. The first-order valence-electron chi connectivity index (χ1n) is 11.2. The number of pyridine rings is 1. The smallest absolute Gasteiger partial charge is 0.257 e. The molecule has 182 valence electrons. The number of rotatable bonds is 6. The molecule has 2 aliphatic heterocycles. The van der Waals surface area contributed by atoms with E-state index in [1.54, 1.807) is 41.3 Å². The van der Waals surface area contributed by atoms with Gasteiger partial charge in [-0.1, -0.05) is 29.3 Å². The van der Waals surface area contributed by atoms with Crippen molar-refractivity contribution in [3.63, 3.8) is 0 Å². The maximum Gasteiger partial charge on any atom is 0.257 e. The number of likely N-dealkylation sites (N-methyl/N-ethyl adjacent to an activating group) is 1. The van der Waals surface area contributed by atoms with E-state index in [4.69, 9.17) is 32.7 Å². The van der Waals surface area contributed by atoms with E-state index >= 15 is 0 Å². The second-order valence-electron chi connectivity index (χ2n) is 8.71. The number of hydrogen-bond acceptors (Lipinski definition) is 6. The lowest BCUT2D eigenvalue weighted by Gasteiger charge is -2.43. The Morgan fingerprint density at radius 1 is 1.09 bits per heavy atom. The van der Waals surface area contributed by atoms with Gasteiger partial charge in [0.1, 0.15) is 23.1 Å². The van der Waals surface area contributed by atoms with E-state index in [-0.39, 0.29) is 43.1 Å². The molecule has 1 aromatic carbocycles. The second kappa shape index (κ2) is 10.9. The van der Waals surface area contributed by atoms with Crippen molar-refractivity contribution in [3.8, 4) is 5.75 Å². The fraction of sp³-hybridized carbons (Fsp3) is 0.458. The Bertz CT molecular complexity index is 1030. The molecule has 0 unspecified atom stereocenters. The summed E-state index contributed by atoms with van der Waals surface area (Å²) in [5.74, 6) is 0.304. The summed E-state index contributed by atoms with van der Waals surface area (Å²) in [5, 5.41) is 0.695. The molecule has 2 amide bonds. The van der Waals surface area contributed by atoms with Crippen LogP contribution in [0, 0.1) is 0 Å². The van der Waals surface area contributed by atoms with Crippen molar-refractivity contribution in [1.82, 2.24) is 19.7 Å². The number of piperazine rings is 1. The molecule has 0 saturated carbocycles. The van der Waals surface area contributed by atoms with Gasteiger partial charge in [0, 0.05) is 43.9 Å². The first kappa shape index (κ1) is 24.7. The van der Waals surface area contributed by atoms with Gasteiger partial charge in [0.2, 0.25) is 5.91 Å². The van der Waals surface area contributed by atoms with E-state index in [1.807, 2.05) is 11.9 Å². The maximum atomic E-state index is 13.3. The van der Waals surface area contributed by atoms with Crippen LogP contribution in [0.4, 0.5) is 0 Å². The zero-order valence-corrected chi connectivity index (χ0v) is 20.6. The van der Waals surface area contributed by atoms with Crippen LogP contribution in [-0.4, -0.2) is 96.6 Å². The first-order chi connectivity index (χ1) is 16.3. The van der Waals surface area contributed by atoms with Crippen molar-refractivity contribution >= 4 is 35.0 Å². The molecule has 10 heteroatoms. The Balaban J connectivity index is 1.54. The van der Waals surface area contributed by atoms with E-state index in [2.05, 4.69) is 9.88 Å². The van der Waals surface area contributed by atoms with Gasteiger partial charge in [-0.3, -0.25) is 9.59 Å². The highest BCUT2D eigenvalue weighted by molar-refractivity contribution is 6.32. The molecule has 34 heavy (non-hydrogen) atoms. The summed E-state index contributed by atoms with van der Waals surface area (Å²) >= 11 is 12.3. The Morgan fingerprint density at radius 2 is 1.88 bits per heavy atom. The van der Waals surface area contributed by atoms with Crippen molar-refractivity contribution in [3.05, 3.63) is 58.3 Å². The van der Waals surface area contributed by atoms with Gasteiger partial charge in [-0.25, -0.2) is 4.98 Å². The van der Waals surface area contributed by atoms with Crippen LogP contribution >= 0.6 is 23.2 Å². The number of carbonyl (C=O) groups is 2. The number of aromatic nitrogens is 1. The number of halogens is 2. The van der Waals surface area contributed by atoms with E-state index in [9.17, 15) is 9.59 Å². The molecule has 0 aliphatic carbocycles. The number of ether oxygens (including phenoxy) is 2. The van der Waals surface area contributed by atoms with Crippen LogP contribution in [0.5, 0.6) is 5.75 Å². The van der Waals surface area contributed by atoms with E-state index in [1.165, 1.54) is 6.20 Å². The highest BCUT2D eigenvalue weighted by Gasteiger charge is 2.43. The third kappa shape index (κ3) is 5.99. The minimum absolute atomic E-state index is 0.0171. The Morgan fingerprint density at radius 3 is 2.62 bits per heavy atom. The third-order valence-corrected chi connectivity index (χ3v) is 6.69. The predicted octanol–water partition coefficient (Wildman–Crippen LogP) is 2.84. The van der Waals surface area contributed by atoms with Gasteiger partial charge < -0.3 is 24.2 Å². The summed E-state index contributed by atoms with van der Waals surface area (Å²) in [7, 11) is 2.04. The Labute approximate surface area is 209 Å². The topological polar surface area (TPSA) is 75.2 Å². The van der Waals surface area contributed by atoms with Crippen LogP contribution in [0.15, 0.2) is 42.6 Å². The number of nitrogens with zero attached hydrogens (tertiary/aromatic N) is 4. The highest BCUT2D eigenvalue weighted by Crippen LogP contribution is 2.28. The number of hydrogen-bond donors (Lipinski definition) is 0. The van der Waals surface area contributed by atoms with Crippen LogP contribution in [0.1, 0.15) is 16.8 Å². The van der Waals surface area contributed by atoms with Crippen LogP contribution in [0.25, 0.3) is 0 Å². The quantitative estimate of drug-likeness (QED) is 0.560. The van der Waals surface area contributed by atoms with Crippen LogP contribution in [-0.2, 0) is 9.53 Å². The molecule has 0 bridgehead atoms. The second-order valence-corrected chi connectivity index (χ2v) is 9.50. The molecule has 1 aromatic heterocycles. The molecule has 8 nitrogen and oxygen atoms in total. The van der Waals surface area contributed by atoms with E-state index in [0.29, 0.717) is 36.0 Å². The summed E-state index contributed by atoms with van der Waals surface area (Å²) in [6, 6.07) is 10.4. The lowest BCUT2D eigenvalue weighted by atomic mass is 9.96. The van der Waals surface area contributed by atoms with Crippen LogP contribution in [0.3, 0.4) is 0 Å². The largest absolute Gasteiger partial charge is 0.490 e. The lowest BCUT2D eigenvalue weighted by molar-refractivity contribution is -0.154. The molecule has 0 radical (unpaired) electrons. The lowest BCUT2D eigenvalue weighted by Crippen LogP contribution is -2.59. The highest BCUT2D eigenvalue weighted by atomic mass is 35.5. The molecular formula is C24H28Cl2N4O4. The van der Waals surface area contributed by atoms with Crippen LogP contribution < -0.4 is 4.74 Å². The summed E-state index contributed by atoms with van der Waals surface area (Å²) in [4.78, 5) is 36.2. The molecule has 2 aliphatic rings. The van der Waals surface area contributed by atoms with E-state index < -0.39 is 5.60 Å². The summed E-state index contributed by atoms with van der Waals surface area (Å²) in [6.45, 7) is 3.91. The first-order valence-corrected chi connectivity index (χ1v) is 12.0. The zero-order chi connectivity index (χ0) is 24.1. The maximum absolute atomic E-state index is 13.3. The Kier molecular flexibility index (Phi) is 7.93. The number of amides is 2. The van der Waals surface area contributed by atoms with Crippen molar-refractivity contribution in [2.24, 2.45) is 0 Å². The monoisotopic (exact) mass is 506 g/mol. The molecule has 0 N–H and O–H groups in total. The SMILES string of the molecule is CN1CCN(C(=O)C[C@@]2(COc3cccc(Cl)c3)CN(C(=O)c3cccnc3Cl)CCO2)CC1. The van der Waals surface area contributed by atoms with E-state index in [0.717, 1.165) is 13.1 Å². The van der Waals surface area contributed by atoms with Gasteiger partial charge >= 0.3 is 0 Å². The van der Waals surface area contributed by atoms with Gasteiger partial charge in [-0.15, -0.1) is 0 Å². The number of carbonyl (C=O) groups excluding carboxylic acids is 2. The zero-order valence-electron chi connectivity index (χ0n) is 19.1. The van der Waals surface area contributed by atoms with Gasteiger partial charge in [0.05, 0.1) is 25.1 Å². The molecule has 3 heterocycles. The molecule has 2 saturated heterocycles. The minimum atomic E-state index is -1.01. The van der Waals surface area contributed by atoms with Crippen molar-refractivity contribution in [1.29, 1.82) is 0 Å². The minimum Gasteiger partial charge on any atom is -0.490 e. The van der Waals surface area contributed by atoms with Gasteiger partial charge in [-0.2, -0.15) is 0 Å². The molecule has 0 spiro atoms. The Hall–Kier alpha value is -2.39. The summed E-state index contributed by atoms with van der Waals surface area (Å²) in [6.07, 6.45) is 1.64. The molecular weight excluding hydrogens is 479 g/mol. The van der Waals surface area contributed by atoms with Gasteiger partial charge in [0.25, 0.3) is 5.91 Å². The average Bonchev–Trinajstić information content (AvgIpc) is 2.83. The van der Waals surface area contributed by atoms with Gasteiger partial charge in [-0.05, 0) is 37.4 Å². The van der Waals surface area contributed by atoms with Crippen LogP contribution in [0.2, 0.25) is 10.2 Å². The fourth-order valence-electron chi connectivity index (χ4n) is 4.19. The van der Waals surface area contributed by atoms with Crippen molar-refractivity contribution in [2.75, 3.05) is 59.5 Å². The standard InChI is InChI=1S/C24H28Cl2N4O4/c1-28-8-10-29(11-9-28)21(31)15-24(17-33-19-5-2-4-18(25)14-19)16-30(12-13-34-24)23(32)20-6-3-7-27-22(20)26/h2-7,14H,8-13,15-17H2,1H3/t24-/m0/s1.